The predicted octanol–water partition coefficient (Wildman–Crippen LogP) is 1.99. The van der Waals surface area contributed by atoms with Gasteiger partial charge in [-0.1, -0.05) is 0 Å². The number of ether oxygens (including phenoxy) is 1. The minimum absolute atomic E-state index is 0.602. The molecule has 0 bridgehead atoms. The zero-order chi connectivity index (χ0) is 13.0. The molecule has 1 aromatic carbocycles. The van der Waals surface area contributed by atoms with Gasteiger partial charge in [0.1, 0.15) is 17.9 Å². The lowest BCUT2D eigenvalue weighted by Gasteiger charge is -2.11. The van der Waals surface area contributed by atoms with Gasteiger partial charge in [0.25, 0.3) is 0 Å². The number of rotatable bonds is 4. The molecule has 0 unspecified atom stereocenters. The van der Waals surface area contributed by atoms with E-state index in [1.165, 1.54) is 6.33 Å². The highest BCUT2D eigenvalue weighted by Crippen LogP contribution is 2.21. The van der Waals surface area contributed by atoms with Crippen LogP contribution in [0.2, 0.25) is 0 Å². The lowest BCUT2D eigenvalue weighted by Crippen LogP contribution is -2.04. The van der Waals surface area contributed by atoms with Crippen molar-refractivity contribution in [1.82, 2.24) is 9.97 Å². The summed E-state index contributed by atoms with van der Waals surface area (Å²) in [4.78, 5) is 8.19. The molecule has 2 aromatic rings. The topological polar surface area (TPSA) is 73.1 Å². The Hall–Kier alpha value is -2.30. The molecule has 0 radical (unpaired) electrons. The van der Waals surface area contributed by atoms with Gasteiger partial charge in [-0.25, -0.2) is 9.97 Å². The third-order valence-corrected chi connectivity index (χ3v) is 2.57. The zero-order valence-corrected chi connectivity index (χ0v) is 10.5. The second-order valence-electron chi connectivity index (χ2n) is 3.97. The summed E-state index contributed by atoms with van der Waals surface area (Å²) >= 11 is 0. The summed E-state index contributed by atoms with van der Waals surface area (Å²) in [6.07, 6.45) is 1.54. The van der Waals surface area contributed by atoms with Gasteiger partial charge < -0.3 is 15.8 Å². The number of aryl methyl sites for hydroxylation is 1. The quantitative estimate of drug-likeness (QED) is 0.805. The Balaban J connectivity index is 2.12. The van der Waals surface area contributed by atoms with Crippen LogP contribution in [0, 0.1) is 6.92 Å². The van der Waals surface area contributed by atoms with Gasteiger partial charge in [-0.3, -0.25) is 0 Å². The van der Waals surface area contributed by atoms with E-state index in [4.69, 9.17) is 10.5 Å². The first-order chi connectivity index (χ1) is 8.69. The normalized spacial score (nSPS) is 10.1. The summed E-state index contributed by atoms with van der Waals surface area (Å²) in [7, 11) is 1.64. The van der Waals surface area contributed by atoms with Crippen molar-refractivity contribution >= 4 is 11.5 Å². The minimum Gasteiger partial charge on any atom is -0.496 e. The predicted molar refractivity (Wildman–Crippen MR) is 71.5 cm³/mol. The average Bonchev–Trinajstić information content (AvgIpc) is 2.37. The molecule has 0 amide bonds. The van der Waals surface area contributed by atoms with Gasteiger partial charge in [-0.05, 0) is 25.1 Å². The number of nitrogen functional groups attached to an aromatic ring is 1. The molecule has 0 spiro atoms. The first-order valence-corrected chi connectivity index (χ1v) is 5.64. The van der Waals surface area contributed by atoms with Crippen LogP contribution in [0.3, 0.4) is 0 Å². The monoisotopic (exact) mass is 244 g/mol. The molecular formula is C13H16N4O. The molecule has 3 N–H and O–H groups in total. The Kier molecular flexibility index (Phi) is 3.62. The number of anilines is 2. The molecule has 1 heterocycles. The van der Waals surface area contributed by atoms with Gasteiger partial charge in [0, 0.05) is 29.6 Å². The van der Waals surface area contributed by atoms with Crippen LogP contribution < -0.4 is 15.8 Å². The summed E-state index contributed by atoms with van der Waals surface area (Å²) in [5.41, 5.74) is 8.40. The maximum absolute atomic E-state index is 5.77. The third-order valence-electron chi connectivity index (χ3n) is 2.57. The van der Waals surface area contributed by atoms with Gasteiger partial charge in [0.2, 0.25) is 0 Å². The standard InChI is InChI=1S/C13H16N4O/c1-9-5-13(17-8-16-9)15-7-10-6-11(14)3-4-12(10)18-2/h3-6,8H,7,14H2,1-2H3,(H,15,16,17). The van der Waals surface area contributed by atoms with Gasteiger partial charge in [-0.15, -0.1) is 0 Å². The fourth-order valence-corrected chi connectivity index (χ4v) is 1.67. The lowest BCUT2D eigenvalue weighted by molar-refractivity contribution is 0.410. The van der Waals surface area contributed by atoms with E-state index >= 15 is 0 Å². The molecule has 0 atom stereocenters. The van der Waals surface area contributed by atoms with Gasteiger partial charge in [0.15, 0.2) is 0 Å². The number of hydrogen-bond donors (Lipinski definition) is 2. The number of hydrogen-bond acceptors (Lipinski definition) is 5. The van der Waals surface area contributed by atoms with Crippen LogP contribution in [0.15, 0.2) is 30.6 Å². The van der Waals surface area contributed by atoms with E-state index in [2.05, 4.69) is 15.3 Å². The molecule has 0 saturated carbocycles. The SMILES string of the molecule is COc1ccc(N)cc1CNc1cc(C)ncn1. The second kappa shape index (κ2) is 5.35. The van der Waals surface area contributed by atoms with E-state index < -0.39 is 0 Å². The van der Waals surface area contributed by atoms with Crippen molar-refractivity contribution in [2.24, 2.45) is 0 Å². The van der Waals surface area contributed by atoms with Crippen LogP contribution in [-0.4, -0.2) is 17.1 Å². The number of benzene rings is 1. The van der Waals surface area contributed by atoms with Gasteiger partial charge >= 0.3 is 0 Å². The van der Waals surface area contributed by atoms with E-state index in [0.717, 1.165) is 22.8 Å². The molecule has 0 aliphatic carbocycles. The van der Waals surface area contributed by atoms with Crippen LogP contribution in [0.5, 0.6) is 5.75 Å². The fraction of sp³-hybridized carbons (Fsp3) is 0.231. The highest BCUT2D eigenvalue weighted by Gasteiger charge is 2.04. The number of nitrogens with one attached hydrogen (secondary N) is 1. The molecule has 94 valence electrons. The summed E-state index contributed by atoms with van der Waals surface area (Å²) in [5, 5.41) is 3.22. The van der Waals surface area contributed by atoms with Crippen molar-refractivity contribution in [2.75, 3.05) is 18.2 Å². The Bertz CT molecular complexity index is 542. The van der Waals surface area contributed by atoms with Crippen molar-refractivity contribution in [3.63, 3.8) is 0 Å². The van der Waals surface area contributed by atoms with Crippen LogP contribution >= 0.6 is 0 Å². The minimum atomic E-state index is 0.602. The highest BCUT2D eigenvalue weighted by molar-refractivity contribution is 5.49. The van der Waals surface area contributed by atoms with E-state index in [1.807, 2.05) is 31.2 Å². The Morgan fingerprint density at radius 1 is 1.28 bits per heavy atom. The number of aromatic nitrogens is 2. The molecule has 0 saturated heterocycles. The van der Waals surface area contributed by atoms with Crippen LogP contribution in [0.25, 0.3) is 0 Å². The number of nitrogens with zero attached hydrogens (tertiary/aromatic N) is 2. The smallest absolute Gasteiger partial charge is 0.129 e. The molecule has 18 heavy (non-hydrogen) atoms. The molecule has 5 heteroatoms. The Labute approximate surface area is 106 Å². The average molecular weight is 244 g/mol. The summed E-state index contributed by atoms with van der Waals surface area (Å²) in [5.74, 6) is 1.59. The zero-order valence-electron chi connectivity index (χ0n) is 10.5. The first kappa shape index (κ1) is 12.2. The second-order valence-corrected chi connectivity index (χ2v) is 3.97. The van der Waals surface area contributed by atoms with Crippen LogP contribution in [0.1, 0.15) is 11.3 Å². The summed E-state index contributed by atoms with van der Waals surface area (Å²) in [6, 6.07) is 7.45. The molecule has 0 aliphatic heterocycles. The Morgan fingerprint density at radius 2 is 2.11 bits per heavy atom. The summed E-state index contributed by atoms with van der Waals surface area (Å²) in [6.45, 7) is 2.53. The van der Waals surface area contributed by atoms with Crippen LogP contribution in [0.4, 0.5) is 11.5 Å². The molecule has 0 aliphatic rings. The number of nitrogens with two attached hydrogens (primary N) is 1. The molecular weight excluding hydrogens is 228 g/mol. The first-order valence-electron chi connectivity index (χ1n) is 5.64. The lowest BCUT2D eigenvalue weighted by atomic mass is 10.1. The summed E-state index contributed by atoms with van der Waals surface area (Å²) < 4.78 is 5.28. The molecule has 5 nitrogen and oxygen atoms in total. The van der Waals surface area contributed by atoms with Gasteiger partial charge in [-0.2, -0.15) is 0 Å². The molecule has 2 rings (SSSR count). The Morgan fingerprint density at radius 3 is 2.83 bits per heavy atom. The van der Waals surface area contributed by atoms with E-state index in [1.54, 1.807) is 7.11 Å². The maximum atomic E-state index is 5.77. The van der Waals surface area contributed by atoms with Crippen molar-refractivity contribution < 1.29 is 4.74 Å². The molecule has 1 aromatic heterocycles. The fourth-order valence-electron chi connectivity index (χ4n) is 1.67. The largest absolute Gasteiger partial charge is 0.496 e. The molecule has 0 fully saturated rings. The van der Waals surface area contributed by atoms with Crippen molar-refractivity contribution in [3.05, 3.63) is 41.9 Å². The van der Waals surface area contributed by atoms with Crippen LogP contribution in [-0.2, 0) is 6.54 Å². The third kappa shape index (κ3) is 2.88. The van der Waals surface area contributed by atoms with Gasteiger partial charge in [0.05, 0.1) is 7.11 Å². The van der Waals surface area contributed by atoms with Crippen molar-refractivity contribution in [2.45, 2.75) is 13.5 Å². The van der Waals surface area contributed by atoms with Crippen molar-refractivity contribution in [3.8, 4) is 5.75 Å². The van der Waals surface area contributed by atoms with E-state index in [0.29, 0.717) is 12.2 Å². The number of methoxy groups -OCH3 is 1. The highest BCUT2D eigenvalue weighted by atomic mass is 16.5. The van der Waals surface area contributed by atoms with Crippen molar-refractivity contribution in [1.29, 1.82) is 0 Å². The van der Waals surface area contributed by atoms with E-state index in [-0.39, 0.29) is 0 Å². The van der Waals surface area contributed by atoms with E-state index in [9.17, 15) is 0 Å². The maximum Gasteiger partial charge on any atom is 0.129 e.